The lowest BCUT2D eigenvalue weighted by molar-refractivity contribution is -0.124. The van der Waals surface area contributed by atoms with Crippen molar-refractivity contribution in [3.05, 3.63) is 35.4 Å². The van der Waals surface area contributed by atoms with E-state index in [1.807, 2.05) is 31.2 Å². The van der Waals surface area contributed by atoms with E-state index in [0.717, 1.165) is 11.3 Å². The number of likely N-dealkylation sites (N-methyl/N-ethyl adjacent to an activating group) is 1. The second-order valence-corrected chi connectivity index (χ2v) is 3.87. The van der Waals surface area contributed by atoms with Gasteiger partial charge in [0.05, 0.1) is 6.61 Å². The molecule has 0 saturated heterocycles. The van der Waals surface area contributed by atoms with E-state index >= 15 is 0 Å². The van der Waals surface area contributed by atoms with Gasteiger partial charge < -0.3 is 9.64 Å². The molecule has 1 rings (SSSR count). The number of ether oxygens (including phenoxy) is 1. The summed E-state index contributed by atoms with van der Waals surface area (Å²) in [5.41, 5.74) is 0.876. The van der Waals surface area contributed by atoms with Crippen molar-refractivity contribution in [1.29, 1.82) is 5.26 Å². The normalized spacial score (nSPS) is 10.7. The van der Waals surface area contributed by atoms with Crippen LogP contribution in [0.3, 0.4) is 0 Å². The van der Waals surface area contributed by atoms with Gasteiger partial charge in [-0.1, -0.05) is 12.1 Å². The molecule has 0 unspecified atom stereocenters. The molecule has 0 heterocycles. The fourth-order valence-corrected chi connectivity index (χ4v) is 1.41. The molecule has 18 heavy (non-hydrogen) atoms. The van der Waals surface area contributed by atoms with Gasteiger partial charge in [0.25, 0.3) is 5.91 Å². The first kappa shape index (κ1) is 13.8. The van der Waals surface area contributed by atoms with Gasteiger partial charge >= 0.3 is 0 Å². The number of hydrogen-bond donors (Lipinski definition) is 0. The maximum atomic E-state index is 11.7. The molecule has 4 heteroatoms. The van der Waals surface area contributed by atoms with Crippen molar-refractivity contribution >= 4 is 12.0 Å². The highest BCUT2D eigenvalue weighted by Crippen LogP contribution is 2.16. The Labute approximate surface area is 107 Å². The molecule has 1 aromatic rings. The van der Waals surface area contributed by atoms with Gasteiger partial charge in [0.15, 0.2) is 0 Å². The minimum atomic E-state index is -0.306. The smallest absolute Gasteiger partial charge is 0.264 e. The summed E-state index contributed by atoms with van der Waals surface area (Å²) in [7, 11) is 3.23. The Morgan fingerprint density at radius 1 is 1.50 bits per heavy atom. The Balaban J connectivity index is 3.03. The average molecular weight is 244 g/mol. The third kappa shape index (κ3) is 3.63. The van der Waals surface area contributed by atoms with Gasteiger partial charge in [-0.15, -0.1) is 0 Å². The second-order valence-electron chi connectivity index (χ2n) is 3.87. The zero-order chi connectivity index (χ0) is 13.5. The van der Waals surface area contributed by atoms with Crippen molar-refractivity contribution in [1.82, 2.24) is 4.90 Å². The first-order chi connectivity index (χ1) is 8.58. The number of amides is 1. The molecule has 0 saturated carbocycles. The SMILES string of the molecule is CCOc1cccc(/C=C(\C#N)C(=O)N(C)C)c1. The Hall–Kier alpha value is -2.28. The minimum absolute atomic E-state index is 0.105. The molecule has 0 aliphatic carbocycles. The molecule has 0 spiro atoms. The quantitative estimate of drug-likeness (QED) is 0.602. The van der Waals surface area contributed by atoms with Crippen molar-refractivity contribution in [2.75, 3.05) is 20.7 Å². The van der Waals surface area contributed by atoms with Crippen molar-refractivity contribution in [3.8, 4) is 11.8 Å². The van der Waals surface area contributed by atoms with E-state index in [1.165, 1.54) is 4.90 Å². The van der Waals surface area contributed by atoms with Crippen LogP contribution in [0.5, 0.6) is 5.75 Å². The fraction of sp³-hybridized carbons (Fsp3) is 0.286. The molecule has 1 aromatic carbocycles. The predicted octanol–water partition coefficient (Wildman–Crippen LogP) is 2.08. The number of hydrogen-bond acceptors (Lipinski definition) is 3. The van der Waals surface area contributed by atoms with E-state index < -0.39 is 0 Å². The summed E-state index contributed by atoms with van der Waals surface area (Å²) in [6.07, 6.45) is 1.56. The molecule has 0 radical (unpaired) electrons. The largest absolute Gasteiger partial charge is 0.494 e. The van der Waals surface area contributed by atoms with Crippen LogP contribution in [-0.2, 0) is 4.79 Å². The van der Waals surface area contributed by atoms with Crippen LogP contribution in [0.2, 0.25) is 0 Å². The Morgan fingerprint density at radius 3 is 2.78 bits per heavy atom. The summed E-state index contributed by atoms with van der Waals surface area (Å²) in [6.45, 7) is 2.48. The summed E-state index contributed by atoms with van der Waals surface area (Å²) < 4.78 is 5.36. The lowest BCUT2D eigenvalue weighted by atomic mass is 10.1. The predicted molar refractivity (Wildman–Crippen MR) is 69.9 cm³/mol. The molecule has 0 fully saturated rings. The van der Waals surface area contributed by atoms with Gasteiger partial charge in [0.1, 0.15) is 17.4 Å². The molecule has 0 aromatic heterocycles. The van der Waals surface area contributed by atoms with Crippen LogP contribution in [0.15, 0.2) is 29.8 Å². The highest BCUT2D eigenvalue weighted by Gasteiger charge is 2.10. The van der Waals surface area contributed by atoms with E-state index in [2.05, 4.69) is 0 Å². The maximum Gasteiger partial charge on any atom is 0.264 e. The standard InChI is InChI=1S/C14H16N2O2/c1-4-18-13-7-5-6-11(9-13)8-12(10-15)14(17)16(2)3/h5-9H,4H2,1-3H3/b12-8+. The van der Waals surface area contributed by atoms with Crippen LogP contribution in [0.25, 0.3) is 6.08 Å². The van der Waals surface area contributed by atoms with E-state index in [1.54, 1.807) is 26.2 Å². The molecule has 4 nitrogen and oxygen atoms in total. The molecule has 1 amide bonds. The van der Waals surface area contributed by atoms with Crippen LogP contribution in [-0.4, -0.2) is 31.5 Å². The summed E-state index contributed by atoms with van der Waals surface area (Å²) in [4.78, 5) is 13.1. The first-order valence-electron chi connectivity index (χ1n) is 5.64. The lowest BCUT2D eigenvalue weighted by Gasteiger charge is -2.09. The molecule has 0 aliphatic heterocycles. The molecule has 0 atom stereocenters. The molecule has 0 bridgehead atoms. The van der Waals surface area contributed by atoms with Crippen molar-refractivity contribution < 1.29 is 9.53 Å². The molecular weight excluding hydrogens is 228 g/mol. The third-order valence-electron chi connectivity index (χ3n) is 2.24. The van der Waals surface area contributed by atoms with Crippen LogP contribution >= 0.6 is 0 Å². The highest BCUT2D eigenvalue weighted by atomic mass is 16.5. The average Bonchev–Trinajstić information content (AvgIpc) is 2.36. The van der Waals surface area contributed by atoms with E-state index in [9.17, 15) is 4.79 Å². The molecular formula is C14H16N2O2. The summed E-state index contributed by atoms with van der Waals surface area (Å²) in [5.74, 6) is 0.417. The zero-order valence-electron chi connectivity index (χ0n) is 10.8. The van der Waals surface area contributed by atoms with E-state index in [0.29, 0.717) is 6.61 Å². The highest BCUT2D eigenvalue weighted by molar-refractivity contribution is 6.01. The topological polar surface area (TPSA) is 53.3 Å². The summed E-state index contributed by atoms with van der Waals surface area (Å²) >= 11 is 0. The third-order valence-corrected chi connectivity index (χ3v) is 2.24. The van der Waals surface area contributed by atoms with Gasteiger partial charge in [-0.2, -0.15) is 5.26 Å². The van der Waals surface area contributed by atoms with E-state index in [4.69, 9.17) is 10.00 Å². The number of nitrogens with zero attached hydrogens (tertiary/aromatic N) is 2. The lowest BCUT2D eigenvalue weighted by Crippen LogP contribution is -2.22. The summed E-state index contributed by atoms with van der Waals surface area (Å²) in [5, 5.41) is 8.98. The number of rotatable bonds is 4. The number of carbonyl (C=O) groups is 1. The fourth-order valence-electron chi connectivity index (χ4n) is 1.41. The van der Waals surface area contributed by atoms with Crippen LogP contribution in [0.1, 0.15) is 12.5 Å². The number of carbonyl (C=O) groups excluding carboxylic acids is 1. The monoisotopic (exact) mass is 244 g/mol. The van der Waals surface area contributed by atoms with Crippen LogP contribution in [0, 0.1) is 11.3 Å². The van der Waals surface area contributed by atoms with Crippen molar-refractivity contribution in [3.63, 3.8) is 0 Å². The van der Waals surface area contributed by atoms with Gasteiger partial charge in [0, 0.05) is 14.1 Å². The van der Waals surface area contributed by atoms with Crippen molar-refractivity contribution in [2.24, 2.45) is 0 Å². The molecule has 0 aliphatic rings. The van der Waals surface area contributed by atoms with Crippen LogP contribution in [0.4, 0.5) is 0 Å². The molecule has 94 valence electrons. The minimum Gasteiger partial charge on any atom is -0.494 e. The van der Waals surface area contributed by atoms with Crippen LogP contribution < -0.4 is 4.74 Å². The number of benzene rings is 1. The van der Waals surface area contributed by atoms with Gasteiger partial charge in [-0.3, -0.25) is 4.79 Å². The van der Waals surface area contributed by atoms with E-state index in [-0.39, 0.29) is 11.5 Å². The van der Waals surface area contributed by atoms with Crippen molar-refractivity contribution in [2.45, 2.75) is 6.92 Å². The maximum absolute atomic E-state index is 11.7. The Morgan fingerprint density at radius 2 is 2.22 bits per heavy atom. The Kier molecular flexibility index (Phi) is 4.94. The van der Waals surface area contributed by atoms with Gasteiger partial charge in [-0.25, -0.2) is 0 Å². The Bertz CT molecular complexity index is 499. The summed E-state index contributed by atoms with van der Waals surface area (Å²) in [6, 6.07) is 9.19. The molecule has 0 N–H and O–H groups in total. The van der Waals surface area contributed by atoms with Gasteiger partial charge in [0.2, 0.25) is 0 Å². The number of nitriles is 1. The van der Waals surface area contributed by atoms with Gasteiger partial charge in [-0.05, 0) is 30.7 Å². The first-order valence-corrected chi connectivity index (χ1v) is 5.64. The second kappa shape index (κ2) is 6.45. The zero-order valence-corrected chi connectivity index (χ0v) is 10.8.